The Morgan fingerprint density at radius 1 is 1.28 bits per heavy atom. The molecule has 2 aromatic rings. The van der Waals surface area contributed by atoms with Crippen LogP contribution in [-0.4, -0.2) is 5.71 Å². The Labute approximate surface area is 169 Å². The molecule has 0 amide bonds. The third-order valence-corrected chi connectivity index (χ3v) is 4.15. The Hall–Kier alpha value is -2.07. The molecule has 1 atom stereocenters. The molecule has 0 radical (unpaired) electrons. The molecule has 0 unspecified atom stereocenters. The molecule has 25 heavy (non-hydrogen) atoms. The van der Waals surface area contributed by atoms with E-state index in [1.54, 1.807) is 6.92 Å². The summed E-state index contributed by atoms with van der Waals surface area (Å²) in [6, 6.07) is 14.0. The smallest absolute Gasteiger partial charge is 0.0991 e. The van der Waals surface area contributed by atoms with Crippen molar-refractivity contribution in [2.24, 2.45) is 0 Å². The fraction of sp³-hybridized carbons (Fsp3) is 0.300. The van der Waals surface area contributed by atoms with Crippen molar-refractivity contribution in [1.29, 1.82) is 10.7 Å². The number of nitriles is 1. The van der Waals surface area contributed by atoms with Gasteiger partial charge in [-0.2, -0.15) is 5.26 Å². The molecule has 1 aliphatic rings. The van der Waals surface area contributed by atoms with Crippen molar-refractivity contribution in [3.63, 3.8) is 0 Å². The number of nitrogens with two attached hydrogens (primary N) is 1. The van der Waals surface area contributed by atoms with Gasteiger partial charge >= 0.3 is 0 Å². The van der Waals surface area contributed by atoms with Crippen molar-refractivity contribution in [2.45, 2.75) is 39.7 Å². The van der Waals surface area contributed by atoms with E-state index in [-0.39, 0.29) is 32.9 Å². The molecule has 1 aliphatic carbocycles. The first-order valence-electron chi connectivity index (χ1n) is 8.33. The number of nitrogens with one attached hydrogen (secondary N) is 2. The fourth-order valence-corrected chi connectivity index (χ4v) is 3.01. The highest BCUT2D eigenvalue weighted by Crippen LogP contribution is 2.34. The van der Waals surface area contributed by atoms with E-state index in [0.29, 0.717) is 17.0 Å². The summed E-state index contributed by atoms with van der Waals surface area (Å²) in [5.41, 5.74) is 12.0. The standard InChI is InChI=1S/C18H18N4.C2H6.HI.2H2/c1-11(20)16-9-14(4-6-17(16)21)22-18-7-3-13-8-12(10-19)2-5-15(13)18;1-2;;;/h2,4-6,8-9,18,20,22H,3,7,21H2,1H3;1-2H3;3*1H/t18-;;;;/m1..../s1. The number of hydrogen-bond acceptors (Lipinski definition) is 4. The molecule has 2 aromatic carbocycles. The van der Waals surface area contributed by atoms with Crippen LogP contribution in [0, 0.1) is 16.7 Å². The summed E-state index contributed by atoms with van der Waals surface area (Å²) in [5, 5.41) is 20.3. The van der Waals surface area contributed by atoms with Gasteiger partial charge in [-0.3, -0.25) is 0 Å². The van der Waals surface area contributed by atoms with Crippen molar-refractivity contribution in [2.75, 3.05) is 11.1 Å². The van der Waals surface area contributed by atoms with E-state index in [2.05, 4.69) is 11.4 Å². The summed E-state index contributed by atoms with van der Waals surface area (Å²) in [4.78, 5) is 0. The van der Waals surface area contributed by atoms with Crippen molar-refractivity contribution in [3.8, 4) is 6.07 Å². The van der Waals surface area contributed by atoms with Crippen LogP contribution in [0.2, 0.25) is 0 Å². The number of anilines is 2. The lowest BCUT2D eigenvalue weighted by Gasteiger charge is -2.17. The third-order valence-electron chi connectivity index (χ3n) is 4.15. The van der Waals surface area contributed by atoms with Gasteiger partial charge in [0.1, 0.15) is 0 Å². The van der Waals surface area contributed by atoms with Crippen LogP contribution in [0.25, 0.3) is 0 Å². The van der Waals surface area contributed by atoms with Gasteiger partial charge in [0.05, 0.1) is 17.7 Å². The zero-order valence-electron chi connectivity index (χ0n) is 14.9. The minimum Gasteiger partial charge on any atom is -0.398 e. The van der Waals surface area contributed by atoms with Gasteiger partial charge in [-0.25, -0.2) is 0 Å². The van der Waals surface area contributed by atoms with Gasteiger partial charge < -0.3 is 16.5 Å². The maximum Gasteiger partial charge on any atom is 0.0991 e. The van der Waals surface area contributed by atoms with E-state index < -0.39 is 0 Å². The summed E-state index contributed by atoms with van der Waals surface area (Å²) >= 11 is 0. The Balaban J connectivity index is 0. The number of nitrogen functional groups attached to an aromatic ring is 1. The predicted molar refractivity (Wildman–Crippen MR) is 120 cm³/mol. The molecule has 0 fully saturated rings. The first-order valence-corrected chi connectivity index (χ1v) is 8.33. The number of fused-ring (bicyclic) bond motifs is 1. The number of hydrogen-bond donors (Lipinski definition) is 3. The fourth-order valence-electron chi connectivity index (χ4n) is 3.01. The van der Waals surface area contributed by atoms with Crippen molar-refractivity contribution in [3.05, 3.63) is 58.7 Å². The topological polar surface area (TPSA) is 85.7 Å². The second-order valence-electron chi connectivity index (χ2n) is 5.69. The summed E-state index contributed by atoms with van der Waals surface area (Å²) < 4.78 is 0. The summed E-state index contributed by atoms with van der Waals surface area (Å²) in [6.45, 7) is 5.74. The van der Waals surface area contributed by atoms with E-state index in [4.69, 9.17) is 16.4 Å². The lowest BCUT2D eigenvalue weighted by Crippen LogP contribution is -2.08. The Morgan fingerprint density at radius 2 is 2.00 bits per heavy atom. The molecule has 0 spiro atoms. The number of aryl methyl sites for hydroxylation is 1. The maximum atomic E-state index is 8.98. The quantitative estimate of drug-likeness (QED) is 0.314. The zero-order valence-corrected chi connectivity index (χ0v) is 17.2. The molecular formula is C20H29IN4. The molecule has 4 nitrogen and oxygen atoms in total. The highest BCUT2D eigenvalue weighted by molar-refractivity contribution is 14.0. The Bertz CT molecular complexity index is 803. The van der Waals surface area contributed by atoms with E-state index in [0.717, 1.165) is 24.1 Å². The van der Waals surface area contributed by atoms with Crippen LogP contribution in [-0.2, 0) is 6.42 Å². The number of nitrogens with zero attached hydrogens (tertiary/aromatic N) is 1. The summed E-state index contributed by atoms with van der Waals surface area (Å²) in [7, 11) is 0. The molecular weight excluding hydrogens is 423 g/mol. The van der Waals surface area contributed by atoms with E-state index >= 15 is 0 Å². The molecule has 0 saturated heterocycles. The largest absolute Gasteiger partial charge is 0.398 e. The van der Waals surface area contributed by atoms with Gasteiger partial charge in [-0.05, 0) is 61.2 Å². The van der Waals surface area contributed by atoms with Crippen LogP contribution in [0.5, 0.6) is 0 Å². The van der Waals surface area contributed by atoms with Gasteiger partial charge in [-0.1, -0.05) is 19.9 Å². The van der Waals surface area contributed by atoms with E-state index in [1.807, 2.05) is 50.2 Å². The van der Waals surface area contributed by atoms with Crippen molar-refractivity contribution >= 4 is 41.1 Å². The van der Waals surface area contributed by atoms with Crippen molar-refractivity contribution < 1.29 is 2.85 Å². The SMILES string of the molecule is CC.CC(=N)c1cc(N[C@@H]2CCc3cc(C#N)ccc32)ccc1N.I.[HH].[HH]. The average Bonchev–Trinajstić information content (AvgIpc) is 3.00. The monoisotopic (exact) mass is 452 g/mol. The molecule has 4 N–H and O–H groups in total. The lowest BCUT2D eigenvalue weighted by atomic mass is 10.0. The Kier molecular flexibility index (Phi) is 7.91. The number of benzene rings is 2. The zero-order chi connectivity index (χ0) is 17.7. The van der Waals surface area contributed by atoms with Crippen LogP contribution in [0.4, 0.5) is 11.4 Å². The molecule has 0 bridgehead atoms. The van der Waals surface area contributed by atoms with E-state index in [9.17, 15) is 0 Å². The van der Waals surface area contributed by atoms with E-state index in [1.165, 1.54) is 11.1 Å². The average molecular weight is 452 g/mol. The third kappa shape index (κ3) is 4.73. The maximum absolute atomic E-state index is 8.98. The van der Waals surface area contributed by atoms with Crippen LogP contribution < -0.4 is 11.1 Å². The van der Waals surface area contributed by atoms with Crippen LogP contribution in [0.15, 0.2) is 36.4 Å². The summed E-state index contributed by atoms with van der Waals surface area (Å²) in [5.74, 6) is 0. The van der Waals surface area contributed by atoms with Crippen LogP contribution >= 0.6 is 24.0 Å². The van der Waals surface area contributed by atoms with Crippen LogP contribution in [0.1, 0.15) is 58.3 Å². The number of halogens is 1. The van der Waals surface area contributed by atoms with Gasteiger partial charge in [0, 0.05) is 25.5 Å². The van der Waals surface area contributed by atoms with Gasteiger partial charge in [0.25, 0.3) is 0 Å². The molecule has 136 valence electrons. The molecule has 5 heteroatoms. The number of rotatable bonds is 3. The Morgan fingerprint density at radius 3 is 2.64 bits per heavy atom. The van der Waals surface area contributed by atoms with Crippen LogP contribution in [0.3, 0.4) is 0 Å². The normalized spacial score (nSPS) is 14.2. The first-order chi connectivity index (χ1) is 11.6. The van der Waals surface area contributed by atoms with Crippen molar-refractivity contribution in [1.82, 2.24) is 0 Å². The molecule has 3 rings (SSSR count). The highest BCUT2D eigenvalue weighted by atomic mass is 127. The second kappa shape index (κ2) is 9.42. The first kappa shape index (κ1) is 21.0. The van der Waals surface area contributed by atoms with Gasteiger partial charge in [-0.15, -0.1) is 24.0 Å². The second-order valence-corrected chi connectivity index (χ2v) is 5.69. The predicted octanol–water partition coefficient (Wildman–Crippen LogP) is 5.76. The van der Waals surface area contributed by atoms with Gasteiger partial charge in [0.15, 0.2) is 0 Å². The molecule has 0 aliphatic heterocycles. The lowest BCUT2D eigenvalue weighted by molar-refractivity contribution is 0.762. The van der Waals surface area contributed by atoms with Gasteiger partial charge in [0.2, 0.25) is 0 Å². The minimum absolute atomic E-state index is 0. The summed E-state index contributed by atoms with van der Waals surface area (Å²) in [6.07, 6.45) is 1.99. The minimum atomic E-state index is 0. The molecule has 0 aromatic heterocycles. The highest BCUT2D eigenvalue weighted by Gasteiger charge is 2.22. The molecule has 0 heterocycles. The molecule has 0 saturated carbocycles.